The lowest BCUT2D eigenvalue weighted by atomic mass is 10.2. The Morgan fingerprint density at radius 1 is 1.43 bits per heavy atom. The number of nitrogen functional groups attached to an aromatic ring is 1. The summed E-state index contributed by atoms with van der Waals surface area (Å²) in [5.41, 5.74) is 2.62. The maximum absolute atomic E-state index is 11.6. The van der Waals surface area contributed by atoms with Gasteiger partial charge in [0.1, 0.15) is 17.3 Å². The maximum Gasteiger partial charge on any atom is 0.268 e. The van der Waals surface area contributed by atoms with Crippen molar-refractivity contribution in [2.24, 2.45) is 5.84 Å². The number of nitrogens with two attached hydrogens (primary N) is 1. The van der Waals surface area contributed by atoms with Crippen molar-refractivity contribution in [2.45, 2.75) is 38.9 Å². The van der Waals surface area contributed by atoms with Crippen LogP contribution in [0.25, 0.3) is 0 Å². The summed E-state index contributed by atoms with van der Waals surface area (Å²) in [6, 6.07) is 6.18. The van der Waals surface area contributed by atoms with Crippen LogP contribution in [0.5, 0.6) is 0 Å². The smallest absolute Gasteiger partial charge is 0.268 e. The van der Waals surface area contributed by atoms with Crippen LogP contribution in [0.2, 0.25) is 0 Å². The molecule has 0 unspecified atom stereocenters. The lowest BCUT2D eigenvalue weighted by Gasteiger charge is -2.19. The van der Waals surface area contributed by atoms with Gasteiger partial charge in [-0.25, -0.2) is 5.84 Å². The van der Waals surface area contributed by atoms with Crippen molar-refractivity contribution in [3.05, 3.63) is 47.3 Å². The first-order valence-corrected chi connectivity index (χ1v) is 7.04. The molecule has 0 spiro atoms. The van der Waals surface area contributed by atoms with E-state index in [1.165, 1.54) is 12.8 Å². The van der Waals surface area contributed by atoms with E-state index in [0.29, 0.717) is 23.9 Å². The fraction of sp³-hybridized carbons (Fsp3) is 0.400. The van der Waals surface area contributed by atoms with Gasteiger partial charge >= 0.3 is 0 Å². The Morgan fingerprint density at radius 2 is 2.19 bits per heavy atom. The summed E-state index contributed by atoms with van der Waals surface area (Å²) in [5, 5.41) is 0. The van der Waals surface area contributed by atoms with E-state index in [9.17, 15) is 4.79 Å². The van der Waals surface area contributed by atoms with Gasteiger partial charge in [-0.3, -0.25) is 15.1 Å². The molecule has 6 heteroatoms. The first-order valence-electron chi connectivity index (χ1n) is 7.04. The quantitative estimate of drug-likeness (QED) is 0.482. The molecule has 0 bridgehead atoms. The Morgan fingerprint density at radius 3 is 2.81 bits per heavy atom. The molecule has 2 aromatic rings. The highest BCUT2D eigenvalue weighted by atomic mass is 16.3. The third-order valence-corrected chi connectivity index (χ3v) is 3.71. The number of rotatable bonds is 6. The maximum atomic E-state index is 11.6. The average Bonchev–Trinajstić information content (AvgIpc) is 3.08. The minimum atomic E-state index is -0.327. The van der Waals surface area contributed by atoms with Crippen LogP contribution in [0.1, 0.15) is 40.5 Å². The molecule has 2 heterocycles. The molecule has 1 saturated carbocycles. The van der Waals surface area contributed by atoms with Crippen LogP contribution in [0.4, 0.5) is 0 Å². The molecule has 21 heavy (non-hydrogen) atoms. The Kier molecular flexibility index (Phi) is 3.81. The largest absolute Gasteiger partial charge is 0.468 e. The molecule has 0 atom stereocenters. The van der Waals surface area contributed by atoms with Gasteiger partial charge < -0.3 is 8.83 Å². The Bertz CT molecular complexity index is 614. The lowest BCUT2D eigenvalue weighted by Crippen LogP contribution is -2.30. The Hall–Kier alpha value is -2.05. The first-order chi connectivity index (χ1) is 10.2. The zero-order valence-corrected chi connectivity index (χ0v) is 12.0. The van der Waals surface area contributed by atoms with Gasteiger partial charge in [0.05, 0.1) is 24.9 Å². The van der Waals surface area contributed by atoms with E-state index in [2.05, 4.69) is 10.3 Å². The summed E-state index contributed by atoms with van der Waals surface area (Å²) in [6.07, 6.45) is 4.06. The fourth-order valence-corrected chi connectivity index (χ4v) is 2.48. The number of carbonyl (C=O) groups is 1. The minimum Gasteiger partial charge on any atom is -0.468 e. The van der Waals surface area contributed by atoms with Crippen molar-refractivity contribution in [3.63, 3.8) is 0 Å². The summed E-state index contributed by atoms with van der Waals surface area (Å²) in [5.74, 6) is 7.13. The van der Waals surface area contributed by atoms with Crippen LogP contribution in [0.15, 0.2) is 33.3 Å². The van der Waals surface area contributed by atoms with E-state index in [-0.39, 0.29) is 5.91 Å². The van der Waals surface area contributed by atoms with Gasteiger partial charge in [0, 0.05) is 6.04 Å². The molecule has 6 nitrogen and oxygen atoms in total. The number of hydrazine groups is 1. The molecule has 2 aromatic heterocycles. The molecular formula is C15H19N3O3. The Labute approximate surface area is 122 Å². The van der Waals surface area contributed by atoms with E-state index in [4.69, 9.17) is 14.7 Å². The molecule has 1 aliphatic carbocycles. The van der Waals surface area contributed by atoms with Gasteiger partial charge in [-0.1, -0.05) is 0 Å². The molecule has 3 rings (SSSR count). The van der Waals surface area contributed by atoms with Gasteiger partial charge in [0.25, 0.3) is 5.91 Å². The van der Waals surface area contributed by atoms with E-state index in [0.717, 1.165) is 18.1 Å². The van der Waals surface area contributed by atoms with Crippen molar-refractivity contribution < 1.29 is 13.6 Å². The van der Waals surface area contributed by atoms with E-state index < -0.39 is 0 Å². The molecule has 112 valence electrons. The van der Waals surface area contributed by atoms with Crippen LogP contribution in [0.3, 0.4) is 0 Å². The highest BCUT2D eigenvalue weighted by Crippen LogP contribution is 2.30. The highest BCUT2D eigenvalue weighted by Gasteiger charge is 2.30. The second-order valence-corrected chi connectivity index (χ2v) is 5.37. The van der Waals surface area contributed by atoms with E-state index in [1.54, 1.807) is 19.3 Å². The molecule has 3 N–H and O–H groups in total. The first kappa shape index (κ1) is 13.9. The molecule has 0 aromatic carbocycles. The Balaban J connectivity index is 1.72. The molecule has 1 aliphatic rings. The molecule has 1 fully saturated rings. The van der Waals surface area contributed by atoms with Crippen LogP contribution >= 0.6 is 0 Å². The minimum absolute atomic E-state index is 0.327. The molecule has 0 saturated heterocycles. The average molecular weight is 289 g/mol. The zero-order valence-electron chi connectivity index (χ0n) is 12.0. The molecule has 0 aliphatic heterocycles. The number of aryl methyl sites for hydroxylation is 1. The SMILES string of the molecule is Cc1oc(CN(Cc2ccco2)C2CC2)cc1C(=O)NN. The summed E-state index contributed by atoms with van der Waals surface area (Å²) >= 11 is 0. The predicted octanol–water partition coefficient (Wildman–Crippen LogP) is 1.95. The van der Waals surface area contributed by atoms with Crippen molar-refractivity contribution >= 4 is 5.91 Å². The number of amides is 1. The number of nitrogens with zero attached hydrogens (tertiary/aromatic N) is 1. The predicted molar refractivity (Wildman–Crippen MR) is 76.1 cm³/mol. The monoisotopic (exact) mass is 289 g/mol. The van der Waals surface area contributed by atoms with Crippen LogP contribution in [-0.4, -0.2) is 16.8 Å². The normalized spacial score (nSPS) is 14.6. The third-order valence-electron chi connectivity index (χ3n) is 3.71. The van der Waals surface area contributed by atoms with Gasteiger partial charge in [0.2, 0.25) is 0 Å². The van der Waals surface area contributed by atoms with Gasteiger partial charge in [-0.05, 0) is 38.0 Å². The van der Waals surface area contributed by atoms with E-state index in [1.807, 2.05) is 12.1 Å². The summed E-state index contributed by atoms with van der Waals surface area (Å²) < 4.78 is 11.1. The van der Waals surface area contributed by atoms with Gasteiger partial charge in [0.15, 0.2) is 0 Å². The number of hydrogen-bond donors (Lipinski definition) is 2. The van der Waals surface area contributed by atoms with E-state index >= 15 is 0 Å². The fourth-order valence-electron chi connectivity index (χ4n) is 2.48. The molecule has 1 amide bonds. The molecular weight excluding hydrogens is 270 g/mol. The summed E-state index contributed by atoms with van der Waals surface area (Å²) in [4.78, 5) is 13.9. The third kappa shape index (κ3) is 3.17. The topological polar surface area (TPSA) is 84.6 Å². The number of furan rings is 2. The summed E-state index contributed by atoms with van der Waals surface area (Å²) in [7, 11) is 0. The number of nitrogens with one attached hydrogen (secondary N) is 1. The van der Waals surface area contributed by atoms with Crippen LogP contribution in [-0.2, 0) is 13.1 Å². The number of hydrogen-bond acceptors (Lipinski definition) is 5. The van der Waals surface area contributed by atoms with Crippen molar-refractivity contribution in [2.75, 3.05) is 0 Å². The second kappa shape index (κ2) is 5.75. The standard InChI is InChI=1S/C15H19N3O3/c1-10-14(15(19)17-16)7-13(21-10)9-18(11-4-5-11)8-12-3-2-6-20-12/h2-3,6-7,11H,4-5,8-9,16H2,1H3,(H,17,19). The van der Waals surface area contributed by atoms with Crippen LogP contribution in [0, 0.1) is 6.92 Å². The summed E-state index contributed by atoms with van der Waals surface area (Å²) in [6.45, 7) is 3.17. The lowest BCUT2D eigenvalue weighted by molar-refractivity contribution is 0.0952. The van der Waals surface area contributed by atoms with Gasteiger partial charge in [-0.2, -0.15) is 0 Å². The van der Waals surface area contributed by atoms with Crippen molar-refractivity contribution in [1.29, 1.82) is 0 Å². The van der Waals surface area contributed by atoms with Crippen molar-refractivity contribution in [1.82, 2.24) is 10.3 Å². The molecule has 0 radical (unpaired) electrons. The van der Waals surface area contributed by atoms with Crippen molar-refractivity contribution in [3.8, 4) is 0 Å². The van der Waals surface area contributed by atoms with Gasteiger partial charge in [-0.15, -0.1) is 0 Å². The number of carbonyl (C=O) groups excluding carboxylic acids is 1. The second-order valence-electron chi connectivity index (χ2n) is 5.37. The zero-order chi connectivity index (χ0) is 14.8. The van der Waals surface area contributed by atoms with Crippen LogP contribution < -0.4 is 11.3 Å². The highest BCUT2D eigenvalue weighted by molar-refractivity contribution is 5.94.